The molecule has 11 aromatic rings. The summed E-state index contributed by atoms with van der Waals surface area (Å²) >= 11 is 1.78. The molecule has 52 heavy (non-hydrogen) atoms. The second-order valence-electron chi connectivity index (χ2n) is 13.1. The Labute approximate surface area is 302 Å². The van der Waals surface area contributed by atoms with Gasteiger partial charge in [-0.25, -0.2) is 15.0 Å². The van der Waals surface area contributed by atoms with E-state index in [1.807, 2.05) is 18.2 Å². The summed E-state index contributed by atoms with van der Waals surface area (Å²) in [4.78, 5) is 15.4. The van der Waals surface area contributed by atoms with Gasteiger partial charge in [-0.3, -0.25) is 0 Å². The summed E-state index contributed by atoms with van der Waals surface area (Å²) in [5.74, 6) is 1.95. The van der Waals surface area contributed by atoms with Crippen LogP contribution in [0, 0.1) is 0 Å². The van der Waals surface area contributed by atoms with Gasteiger partial charge in [0.1, 0.15) is 11.2 Å². The maximum absolute atomic E-state index is 6.57. The highest BCUT2D eigenvalue weighted by Crippen LogP contribution is 2.43. The van der Waals surface area contributed by atoms with Crippen molar-refractivity contribution in [2.45, 2.75) is 0 Å². The van der Waals surface area contributed by atoms with Crippen LogP contribution in [0.5, 0.6) is 0 Å². The van der Waals surface area contributed by atoms with E-state index >= 15 is 0 Å². The van der Waals surface area contributed by atoms with E-state index in [-0.39, 0.29) is 0 Å². The molecule has 0 N–H and O–H groups in total. The average Bonchev–Trinajstić information content (AvgIpc) is 3.80. The molecule has 0 saturated heterocycles. The van der Waals surface area contributed by atoms with E-state index in [1.165, 1.54) is 25.6 Å². The van der Waals surface area contributed by atoms with Gasteiger partial charge >= 0.3 is 0 Å². The first kappa shape index (κ1) is 29.1. The molecule has 0 aliphatic carbocycles. The Morgan fingerprint density at radius 2 is 1.06 bits per heavy atom. The van der Waals surface area contributed by atoms with Crippen LogP contribution in [0.4, 0.5) is 0 Å². The number of fused-ring (bicyclic) bond motifs is 9. The lowest BCUT2D eigenvalue weighted by atomic mass is 9.93. The monoisotopic (exact) mass is 681 g/mol. The topological polar surface area (TPSA) is 51.8 Å². The number of rotatable bonds is 4. The zero-order valence-corrected chi connectivity index (χ0v) is 28.6. The Hall–Kier alpha value is -6.69. The molecule has 5 heteroatoms. The minimum atomic E-state index is 0.636. The first-order valence-corrected chi connectivity index (χ1v) is 18.2. The first-order chi connectivity index (χ1) is 25.8. The molecule has 0 saturated carbocycles. The van der Waals surface area contributed by atoms with Crippen molar-refractivity contribution < 1.29 is 4.42 Å². The maximum atomic E-state index is 6.57. The number of aromatic nitrogens is 3. The van der Waals surface area contributed by atoms with Crippen LogP contribution in [0.1, 0.15) is 0 Å². The molecule has 0 aliphatic rings. The Balaban J connectivity index is 1.13. The van der Waals surface area contributed by atoms with Crippen molar-refractivity contribution in [2.75, 3.05) is 0 Å². The molecule has 0 aliphatic heterocycles. The number of nitrogens with zero attached hydrogens (tertiary/aromatic N) is 3. The summed E-state index contributed by atoms with van der Waals surface area (Å²) in [6.07, 6.45) is 0. The summed E-state index contributed by atoms with van der Waals surface area (Å²) in [7, 11) is 0. The van der Waals surface area contributed by atoms with E-state index in [4.69, 9.17) is 19.4 Å². The second-order valence-corrected chi connectivity index (χ2v) is 14.2. The molecule has 0 spiro atoms. The van der Waals surface area contributed by atoms with Crippen molar-refractivity contribution in [3.05, 3.63) is 164 Å². The fourth-order valence-electron chi connectivity index (χ4n) is 7.69. The van der Waals surface area contributed by atoms with E-state index in [1.54, 1.807) is 11.3 Å². The maximum Gasteiger partial charge on any atom is 0.165 e. The predicted molar refractivity (Wildman–Crippen MR) is 217 cm³/mol. The normalized spacial score (nSPS) is 11.8. The van der Waals surface area contributed by atoms with Crippen LogP contribution in [0.15, 0.2) is 168 Å². The lowest BCUT2D eigenvalue weighted by molar-refractivity contribution is 0.673. The van der Waals surface area contributed by atoms with Crippen molar-refractivity contribution >= 4 is 75.0 Å². The summed E-state index contributed by atoms with van der Waals surface area (Å²) in [6, 6.07) is 57.3. The third-order valence-electron chi connectivity index (χ3n) is 10.1. The summed E-state index contributed by atoms with van der Waals surface area (Å²) < 4.78 is 8.99. The molecule has 11 rings (SSSR count). The van der Waals surface area contributed by atoms with Crippen LogP contribution in [0.2, 0.25) is 0 Å². The molecule has 242 valence electrons. The first-order valence-electron chi connectivity index (χ1n) is 17.4. The standard InChI is InChI=1S/C47H27N3OS/c1-2-12-30(13-3-1)45-48-46(50-47(49-45)38-20-9-19-36-34-16-6-7-22-41(34)52-44(36)38)31-24-23-29-14-8-17-33(39(29)27-31)35-18-10-21-40-42(35)37-26-25-28-11-4-5-15-32(28)43(37)51-40/h1-27H. The quantitative estimate of drug-likeness (QED) is 0.185. The van der Waals surface area contributed by atoms with Gasteiger partial charge in [-0.2, -0.15) is 0 Å². The van der Waals surface area contributed by atoms with E-state index in [0.717, 1.165) is 65.9 Å². The Bertz CT molecular complexity index is 3200. The fraction of sp³-hybridized carbons (Fsp3) is 0. The molecule has 0 bridgehead atoms. The Morgan fingerprint density at radius 3 is 1.98 bits per heavy atom. The summed E-state index contributed by atoms with van der Waals surface area (Å²) in [5, 5.41) is 9.24. The van der Waals surface area contributed by atoms with Crippen molar-refractivity contribution in [1.29, 1.82) is 0 Å². The van der Waals surface area contributed by atoms with E-state index in [9.17, 15) is 0 Å². The molecule has 0 fully saturated rings. The van der Waals surface area contributed by atoms with Gasteiger partial charge in [0.05, 0.1) is 0 Å². The van der Waals surface area contributed by atoms with Gasteiger partial charge in [-0.15, -0.1) is 11.3 Å². The van der Waals surface area contributed by atoms with Gasteiger partial charge in [0.15, 0.2) is 17.5 Å². The molecular weight excluding hydrogens is 655 g/mol. The van der Waals surface area contributed by atoms with Crippen molar-refractivity contribution in [3.63, 3.8) is 0 Å². The van der Waals surface area contributed by atoms with Crippen molar-refractivity contribution in [3.8, 4) is 45.3 Å². The van der Waals surface area contributed by atoms with Crippen molar-refractivity contribution in [2.24, 2.45) is 0 Å². The number of benzene rings is 8. The highest BCUT2D eigenvalue weighted by molar-refractivity contribution is 7.26. The average molecular weight is 682 g/mol. The molecule has 0 unspecified atom stereocenters. The molecule has 3 aromatic heterocycles. The van der Waals surface area contributed by atoms with Crippen LogP contribution in [-0.2, 0) is 0 Å². The minimum absolute atomic E-state index is 0.636. The Morgan fingerprint density at radius 1 is 0.404 bits per heavy atom. The molecule has 4 nitrogen and oxygen atoms in total. The Kier molecular flexibility index (Phi) is 6.39. The SMILES string of the molecule is c1ccc(-c2nc(-c3ccc4cccc(-c5cccc6oc7c8ccccc8ccc7c56)c4c3)nc(-c3cccc4c3sc3ccccc34)n2)cc1. The zero-order chi connectivity index (χ0) is 34.2. The van der Waals surface area contributed by atoms with Crippen molar-refractivity contribution in [1.82, 2.24) is 15.0 Å². The number of furan rings is 1. The van der Waals surface area contributed by atoms with Crippen LogP contribution in [-0.4, -0.2) is 15.0 Å². The van der Waals surface area contributed by atoms with Crippen LogP contribution < -0.4 is 0 Å². The highest BCUT2D eigenvalue weighted by atomic mass is 32.1. The molecule has 0 atom stereocenters. The van der Waals surface area contributed by atoms with Crippen LogP contribution in [0.3, 0.4) is 0 Å². The van der Waals surface area contributed by atoms with E-state index < -0.39 is 0 Å². The fourth-order valence-corrected chi connectivity index (χ4v) is 8.90. The van der Waals surface area contributed by atoms with Crippen LogP contribution >= 0.6 is 11.3 Å². The van der Waals surface area contributed by atoms with Gasteiger partial charge in [0.25, 0.3) is 0 Å². The number of thiophene rings is 1. The molecule has 3 heterocycles. The third-order valence-corrected chi connectivity index (χ3v) is 11.4. The van der Waals surface area contributed by atoms with E-state index in [2.05, 4.69) is 146 Å². The van der Waals surface area contributed by atoms with Gasteiger partial charge in [-0.05, 0) is 57.6 Å². The van der Waals surface area contributed by atoms with Gasteiger partial charge < -0.3 is 4.42 Å². The van der Waals surface area contributed by atoms with Gasteiger partial charge in [0, 0.05) is 53.0 Å². The molecule has 8 aromatic carbocycles. The minimum Gasteiger partial charge on any atom is -0.455 e. The van der Waals surface area contributed by atoms with E-state index in [0.29, 0.717) is 17.5 Å². The molecule has 0 amide bonds. The molecular formula is C47H27N3OS. The second kappa shape index (κ2) is 11.4. The van der Waals surface area contributed by atoms with Gasteiger partial charge in [0.2, 0.25) is 0 Å². The lowest BCUT2D eigenvalue weighted by Crippen LogP contribution is -2.00. The number of hydrogen-bond acceptors (Lipinski definition) is 5. The van der Waals surface area contributed by atoms with Gasteiger partial charge in [-0.1, -0.05) is 133 Å². The smallest absolute Gasteiger partial charge is 0.165 e. The molecule has 0 radical (unpaired) electrons. The summed E-state index contributed by atoms with van der Waals surface area (Å²) in [5.41, 5.74) is 6.94. The summed E-state index contributed by atoms with van der Waals surface area (Å²) in [6.45, 7) is 0. The predicted octanol–water partition coefficient (Wildman–Crippen LogP) is 13.1. The third kappa shape index (κ3) is 4.50. The highest BCUT2D eigenvalue weighted by Gasteiger charge is 2.19. The lowest BCUT2D eigenvalue weighted by Gasteiger charge is -2.12. The largest absolute Gasteiger partial charge is 0.455 e. The van der Waals surface area contributed by atoms with Crippen LogP contribution in [0.25, 0.3) is 109 Å². The number of hydrogen-bond donors (Lipinski definition) is 0. The zero-order valence-electron chi connectivity index (χ0n) is 27.7.